The molecule has 0 aromatic heterocycles. The van der Waals surface area contributed by atoms with Gasteiger partial charge >= 0.3 is 5.97 Å². The van der Waals surface area contributed by atoms with Gasteiger partial charge in [-0.3, -0.25) is 9.59 Å². The Labute approximate surface area is 147 Å². The predicted octanol–water partition coefficient (Wildman–Crippen LogP) is 2.77. The summed E-state index contributed by atoms with van der Waals surface area (Å²) in [6.45, 7) is 0. The summed E-state index contributed by atoms with van der Waals surface area (Å²) in [6, 6.07) is 16.3. The molecule has 0 spiro atoms. The molecule has 128 valence electrons. The molecule has 0 N–H and O–H groups in total. The maximum Gasteiger partial charge on any atom is 0.310 e. The van der Waals surface area contributed by atoms with Crippen LogP contribution in [-0.4, -0.2) is 38.0 Å². The van der Waals surface area contributed by atoms with E-state index in [-0.39, 0.29) is 23.7 Å². The lowest BCUT2D eigenvalue weighted by atomic mass is 9.54. The second kappa shape index (κ2) is 5.73. The first-order valence-electron chi connectivity index (χ1n) is 8.53. The van der Waals surface area contributed by atoms with E-state index in [2.05, 4.69) is 24.3 Å². The van der Waals surface area contributed by atoms with Crippen LogP contribution in [0.25, 0.3) is 0 Å². The first kappa shape index (κ1) is 15.9. The Morgan fingerprint density at radius 2 is 1.20 bits per heavy atom. The number of carbonyl (C=O) groups excluding carboxylic acids is 2. The van der Waals surface area contributed by atoms with Gasteiger partial charge in [0.15, 0.2) is 0 Å². The monoisotopic (exact) mass is 335 g/mol. The predicted molar refractivity (Wildman–Crippen MR) is 94.3 cm³/mol. The fourth-order valence-corrected chi connectivity index (χ4v) is 4.69. The average Bonchev–Trinajstić information content (AvgIpc) is 2.66. The molecular formula is C21H21NO3. The molecule has 2 atom stereocenters. The molecule has 2 bridgehead atoms. The number of esters is 1. The molecule has 3 aliphatic rings. The van der Waals surface area contributed by atoms with E-state index >= 15 is 0 Å². The third kappa shape index (κ3) is 2.13. The van der Waals surface area contributed by atoms with E-state index in [1.807, 2.05) is 24.3 Å². The van der Waals surface area contributed by atoms with Crippen LogP contribution in [0, 0.1) is 11.8 Å². The number of amides is 1. The van der Waals surface area contributed by atoms with Gasteiger partial charge in [0.2, 0.25) is 5.91 Å². The summed E-state index contributed by atoms with van der Waals surface area (Å²) in [5.41, 5.74) is 4.60. The molecule has 0 heterocycles. The molecule has 0 saturated heterocycles. The van der Waals surface area contributed by atoms with E-state index in [1.165, 1.54) is 7.11 Å². The minimum Gasteiger partial charge on any atom is -0.469 e. The summed E-state index contributed by atoms with van der Waals surface area (Å²) in [6.07, 6.45) is 0. The van der Waals surface area contributed by atoms with Gasteiger partial charge in [0.25, 0.3) is 0 Å². The van der Waals surface area contributed by atoms with Crippen molar-refractivity contribution in [3.8, 4) is 0 Å². The topological polar surface area (TPSA) is 46.6 Å². The zero-order valence-electron chi connectivity index (χ0n) is 14.6. The van der Waals surface area contributed by atoms with Crippen LogP contribution in [0.4, 0.5) is 0 Å². The third-order valence-electron chi connectivity index (χ3n) is 5.64. The lowest BCUT2D eigenvalue weighted by Crippen LogP contribution is -2.50. The molecule has 1 amide bonds. The summed E-state index contributed by atoms with van der Waals surface area (Å²) in [5.74, 6) is -1.50. The van der Waals surface area contributed by atoms with Gasteiger partial charge in [-0.25, -0.2) is 0 Å². The molecular weight excluding hydrogens is 314 g/mol. The van der Waals surface area contributed by atoms with Gasteiger partial charge in [-0.15, -0.1) is 0 Å². The summed E-state index contributed by atoms with van der Waals surface area (Å²) >= 11 is 0. The van der Waals surface area contributed by atoms with E-state index in [1.54, 1.807) is 19.0 Å². The highest BCUT2D eigenvalue weighted by Crippen LogP contribution is 2.58. The standard InChI is InChI=1S/C21H21NO3/c1-22(2)20(23)18-16-12-8-4-6-10-14(12)17(19(18)21(24)25-3)15-11-7-5-9-13(15)16/h4-11,16-19H,1-3H3. The number of hydrogen-bond donors (Lipinski definition) is 0. The minimum absolute atomic E-state index is 0.0191. The third-order valence-corrected chi connectivity index (χ3v) is 5.64. The van der Waals surface area contributed by atoms with Gasteiger partial charge in [-0.05, 0) is 22.3 Å². The number of hydrogen-bond acceptors (Lipinski definition) is 3. The van der Waals surface area contributed by atoms with Crippen LogP contribution in [-0.2, 0) is 14.3 Å². The Bertz CT molecular complexity index is 810. The van der Waals surface area contributed by atoms with Crippen molar-refractivity contribution in [3.63, 3.8) is 0 Å². The normalized spacial score (nSPS) is 25.7. The molecule has 2 unspecified atom stereocenters. The molecule has 0 saturated carbocycles. The number of ether oxygens (including phenoxy) is 1. The molecule has 0 radical (unpaired) electrons. The number of carbonyl (C=O) groups is 2. The Morgan fingerprint density at radius 3 is 1.56 bits per heavy atom. The Balaban J connectivity index is 2.01. The SMILES string of the molecule is COC(=O)C1C2c3ccccc3C(c3ccccc32)C1C(=O)N(C)C. The highest BCUT2D eigenvalue weighted by atomic mass is 16.5. The van der Waals surface area contributed by atoms with E-state index in [0.717, 1.165) is 22.3 Å². The van der Waals surface area contributed by atoms with Crippen LogP contribution in [0.15, 0.2) is 48.5 Å². The van der Waals surface area contributed by atoms with Crippen molar-refractivity contribution in [2.24, 2.45) is 11.8 Å². The fraction of sp³-hybridized carbons (Fsp3) is 0.333. The quantitative estimate of drug-likeness (QED) is 0.793. The van der Waals surface area contributed by atoms with Crippen LogP contribution in [0.1, 0.15) is 34.1 Å². The molecule has 5 rings (SSSR count). The zero-order valence-corrected chi connectivity index (χ0v) is 14.6. The summed E-state index contributed by atoms with van der Waals surface area (Å²) < 4.78 is 5.12. The molecule has 0 aliphatic heterocycles. The zero-order chi connectivity index (χ0) is 17.7. The van der Waals surface area contributed by atoms with Gasteiger partial charge in [-0.2, -0.15) is 0 Å². The van der Waals surface area contributed by atoms with Gasteiger partial charge in [0.05, 0.1) is 18.9 Å². The first-order chi connectivity index (χ1) is 12.1. The van der Waals surface area contributed by atoms with E-state index in [4.69, 9.17) is 4.74 Å². The molecule has 4 heteroatoms. The Hall–Kier alpha value is -2.62. The Morgan fingerprint density at radius 1 is 0.800 bits per heavy atom. The number of fused-ring (bicyclic) bond motifs is 1. The maximum absolute atomic E-state index is 13.1. The maximum atomic E-state index is 13.1. The number of methoxy groups -OCH3 is 1. The van der Waals surface area contributed by atoms with Crippen LogP contribution in [0.5, 0.6) is 0 Å². The number of benzene rings is 2. The van der Waals surface area contributed by atoms with E-state index in [0.29, 0.717) is 0 Å². The molecule has 0 fully saturated rings. The van der Waals surface area contributed by atoms with Crippen LogP contribution >= 0.6 is 0 Å². The highest BCUT2D eigenvalue weighted by Gasteiger charge is 2.55. The summed E-state index contributed by atoms with van der Waals surface area (Å²) in [4.78, 5) is 27.4. The van der Waals surface area contributed by atoms with Crippen molar-refractivity contribution in [1.82, 2.24) is 4.90 Å². The largest absolute Gasteiger partial charge is 0.469 e. The molecule has 2 aromatic carbocycles. The molecule has 3 aliphatic carbocycles. The summed E-state index contributed by atoms with van der Waals surface area (Å²) in [7, 11) is 4.90. The molecule has 2 aromatic rings. The van der Waals surface area contributed by atoms with Crippen molar-refractivity contribution in [2.45, 2.75) is 11.8 Å². The van der Waals surface area contributed by atoms with Gasteiger partial charge in [-0.1, -0.05) is 48.5 Å². The van der Waals surface area contributed by atoms with Crippen LogP contribution in [0.2, 0.25) is 0 Å². The first-order valence-corrected chi connectivity index (χ1v) is 8.53. The van der Waals surface area contributed by atoms with Gasteiger partial charge in [0.1, 0.15) is 0 Å². The second-order valence-corrected chi connectivity index (χ2v) is 7.02. The van der Waals surface area contributed by atoms with E-state index in [9.17, 15) is 9.59 Å². The van der Waals surface area contributed by atoms with Gasteiger partial charge in [0, 0.05) is 25.9 Å². The van der Waals surface area contributed by atoms with Gasteiger partial charge < -0.3 is 9.64 Å². The molecule has 25 heavy (non-hydrogen) atoms. The average molecular weight is 335 g/mol. The second-order valence-electron chi connectivity index (χ2n) is 7.02. The fourth-order valence-electron chi connectivity index (χ4n) is 4.69. The minimum atomic E-state index is -0.491. The van der Waals surface area contributed by atoms with Crippen molar-refractivity contribution in [1.29, 1.82) is 0 Å². The smallest absolute Gasteiger partial charge is 0.310 e. The van der Waals surface area contributed by atoms with Crippen molar-refractivity contribution < 1.29 is 14.3 Å². The van der Waals surface area contributed by atoms with Crippen molar-refractivity contribution >= 4 is 11.9 Å². The van der Waals surface area contributed by atoms with Crippen LogP contribution in [0.3, 0.4) is 0 Å². The molecule has 4 nitrogen and oxygen atoms in total. The Kier molecular flexibility index (Phi) is 3.64. The number of rotatable bonds is 2. The highest BCUT2D eigenvalue weighted by molar-refractivity contribution is 5.90. The van der Waals surface area contributed by atoms with Crippen molar-refractivity contribution in [3.05, 3.63) is 70.8 Å². The van der Waals surface area contributed by atoms with Crippen molar-refractivity contribution in [2.75, 3.05) is 21.2 Å². The van der Waals surface area contributed by atoms with E-state index < -0.39 is 11.8 Å². The number of nitrogens with zero attached hydrogens (tertiary/aromatic N) is 1. The lowest BCUT2D eigenvalue weighted by Gasteiger charge is -2.49. The summed E-state index contributed by atoms with van der Waals surface area (Å²) in [5, 5.41) is 0. The lowest BCUT2D eigenvalue weighted by molar-refractivity contribution is -0.154. The van der Waals surface area contributed by atoms with Crippen LogP contribution < -0.4 is 0 Å².